The summed E-state index contributed by atoms with van der Waals surface area (Å²) in [4.78, 5) is 26.9. The molecule has 0 bridgehead atoms. The topological polar surface area (TPSA) is 70.1 Å². The number of carbonyl (C=O) groups excluding carboxylic acids is 1. The molecule has 0 heterocycles. The SMILES string of the molecule is C=CC[C@@](CN(C)C(=O)CC(F)(F)F)(c1ccc(Cl)c(Cl)c1)N(Cc1ccc(OC)cc1)C(=O)O. The number of alkyl halides is 3. The zero-order chi connectivity index (χ0) is 26.4. The van der Waals surface area contributed by atoms with Gasteiger partial charge in [-0.25, -0.2) is 4.79 Å². The van der Waals surface area contributed by atoms with E-state index in [9.17, 15) is 27.9 Å². The fourth-order valence-corrected chi connectivity index (χ4v) is 4.05. The number of carboxylic acid groups (broad SMARTS) is 1. The van der Waals surface area contributed by atoms with E-state index in [4.69, 9.17) is 27.9 Å². The fourth-order valence-electron chi connectivity index (χ4n) is 3.75. The van der Waals surface area contributed by atoms with Crippen LogP contribution in [0, 0.1) is 0 Å². The minimum Gasteiger partial charge on any atom is -0.497 e. The lowest BCUT2D eigenvalue weighted by Gasteiger charge is -2.45. The Labute approximate surface area is 211 Å². The Morgan fingerprint density at radius 3 is 2.23 bits per heavy atom. The summed E-state index contributed by atoms with van der Waals surface area (Å²) in [6, 6.07) is 11.1. The number of hydrogen-bond acceptors (Lipinski definition) is 3. The predicted octanol–water partition coefficient (Wildman–Crippen LogP) is 6.36. The zero-order valence-corrected chi connectivity index (χ0v) is 20.6. The summed E-state index contributed by atoms with van der Waals surface area (Å²) in [5.41, 5.74) is -0.599. The highest BCUT2D eigenvalue weighted by atomic mass is 35.5. The van der Waals surface area contributed by atoms with Crippen molar-refractivity contribution >= 4 is 35.2 Å². The molecule has 1 atom stereocenters. The summed E-state index contributed by atoms with van der Waals surface area (Å²) < 4.78 is 43.8. The number of ether oxygens (including phenoxy) is 1. The van der Waals surface area contributed by atoms with Crippen molar-refractivity contribution in [1.29, 1.82) is 0 Å². The summed E-state index contributed by atoms with van der Waals surface area (Å²) >= 11 is 12.3. The van der Waals surface area contributed by atoms with Crippen LogP contribution in [0.4, 0.5) is 18.0 Å². The van der Waals surface area contributed by atoms with Gasteiger partial charge < -0.3 is 14.7 Å². The first kappa shape index (κ1) is 28.3. The first-order valence-electron chi connectivity index (χ1n) is 10.3. The lowest BCUT2D eigenvalue weighted by atomic mass is 9.83. The lowest BCUT2D eigenvalue weighted by molar-refractivity contribution is -0.161. The molecular formula is C24H25Cl2F3N2O4. The summed E-state index contributed by atoms with van der Waals surface area (Å²) in [7, 11) is 2.68. The van der Waals surface area contributed by atoms with E-state index in [2.05, 4.69) is 6.58 Å². The minimum absolute atomic E-state index is 0.0307. The van der Waals surface area contributed by atoms with Crippen LogP contribution in [0.15, 0.2) is 55.1 Å². The highest BCUT2D eigenvalue weighted by Gasteiger charge is 2.44. The third-order valence-electron chi connectivity index (χ3n) is 5.46. The Morgan fingerprint density at radius 2 is 1.74 bits per heavy atom. The average Bonchev–Trinajstić information content (AvgIpc) is 2.78. The molecule has 0 unspecified atom stereocenters. The van der Waals surface area contributed by atoms with Crippen molar-refractivity contribution in [2.75, 3.05) is 20.7 Å². The van der Waals surface area contributed by atoms with Crippen molar-refractivity contribution in [1.82, 2.24) is 9.80 Å². The van der Waals surface area contributed by atoms with Gasteiger partial charge in [-0.3, -0.25) is 9.69 Å². The molecule has 0 aliphatic carbocycles. The standard InChI is InChI=1S/C24H25Cl2F3N2O4/c1-4-11-23(17-7-10-19(25)20(26)12-17,15-30(2)21(32)13-24(27,28)29)31(22(33)34)14-16-5-8-18(35-3)9-6-16/h4-10,12H,1,11,13-15H2,2-3H3,(H,33,34)/t23-/m1/s1. The quantitative estimate of drug-likeness (QED) is 0.361. The molecular weight excluding hydrogens is 508 g/mol. The number of carbonyl (C=O) groups is 2. The molecule has 35 heavy (non-hydrogen) atoms. The van der Waals surface area contributed by atoms with Gasteiger partial charge in [-0.05, 0) is 41.8 Å². The Morgan fingerprint density at radius 1 is 1.11 bits per heavy atom. The number of halogens is 5. The van der Waals surface area contributed by atoms with Gasteiger partial charge in [0.1, 0.15) is 12.2 Å². The van der Waals surface area contributed by atoms with Crippen molar-refractivity contribution in [3.8, 4) is 5.75 Å². The molecule has 0 aromatic heterocycles. The highest BCUT2D eigenvalue weighted by molar-refractivity contribution is 6.42. The summed E-state index contributed by atoms with van der Waals surface area (Å²) in [5, 5.41) is 10.6. The van der Waals surface area contributed by atoms with Gasteiger partial charge in [-0.15, -0.1) is 6.58 Å². The second-order valence-electron chi connectivity index (χ2n) is 7.91. The number of likely N-dealkylation sites (N-methyl/N-ethyl adjacent to an activating group) is 1. The van der Waals surface area contributed by atoms with Gasteiger partial charge in [-0.2, -0.15) is 13.2 Å². The number of rotatable bonds is 10. The number of benzene rings is 2. The van der Waals surface area contributed by atoms with Gasteiger partial charge in [0.25, 0.3) is 0 Å². The maximum Gasteiger partial charge on any atom is 0.408 e. The molecule has 0 fully saturated rings. The van der Waals surface area contributed by atoms with Gasteiger partial charge in [-0.1, -0.05) is 47.5 Å². The van der Waals surface area contributed by atoms with E-state index in [0.29, 0.717) is 16.9 Å². The highest BCUT2D eigenvalue weighted by Crippen LogP contribution is 2.38. The molecule has 0 saturated heterocycles. The molecule has 6 nitrogen and oxygen atoms in total. The lowest BCUT2D eigenvalue weighted by Crippen LogP contribution is -2.55. The molecule has 0 radical (unpaired) electrons. The third-order valence-corrected chi connectivity index (χ3v) is 6.20. The van der Waals surface area contributed by atoms with Crippen molar-refractivity contribution in [3.05, 3.63) is 76.3 Å². The van der Waals surface area contributed by atoms with Gasteiger partial charge in [0.05, 0.1) is 22.7 Å². The molecule has 2 amide bonds. The molecule has 0 aliphatic heterocycles. The van der Waals surface area contributed by atoms with Gasteiger partial charge >= 0.3 is 12.3 Å². The number of nitrogens with zero attached hydrogens (tertiary/aromatic N) is 2. The Hall–Kier alpha value is -2.91. The van der Waals surface area contributed by atoms with E-state index < -0.39 is 36.7 Å². The van der Waals surface area contributed by atoms with E-state index in [1.165, 1.54) is 38.4 Å². The van der Waals surface area contributed by atoms with Crippen LogP contribution >= 0.6 is 23.2 Å². The van der Waals surface area contributed by atoms with Gasteiger partial charge in [0, 0.05) is 20.1 Å². The van der Waals surface area contributed by atoms with Crippen LogP contribution in [0.5, 0.6) is 5.75 Å². The first-order valence-corrected chi connectivity index (χ1v) is 11.1. The third kappa shape index (κ3) is 7.29. The fraction of sp³-hybridized carbons (Fsp3) is 0.333. The van der Waals surface area contributed by atoms with Crippen molar-refractivity contribution < 1.29 is 32.6 Å². The molecule has 0 aliphatic rings. The molecule has 1 N–H and O–H groups in total. The largest absolute Gasteiger partial charge is 0.497 e. The van der Waals surface area contributed by atoms with Crippen LogP contribution in [-0.2, 0) is 16.9 Å². The van der Waals surface area contributed by atoms with E-state index in [1.54, 1.807) is 24.3 Å². The van der Waals surface area contributed by atoms with Gasteiger partial charge in [0.2, 0.25) is 5.91 Å². The average molecular weight is 533 g/mol. The maximum atomic E-state index is 12.9. The predicted molar refractivity (Wildman–Crippen MR) is 128 cm³/mol. The van der Waals surface area contributed by atoms with Crippen LogP contribution in [0.25, 0.3) is 0 Å². The summed E-state index contributed by atoms with van der Waals surface area (Å²) in [6.45, 7) is 3.18. The number of amides is 2. The van der Waals surface area contributed by atoms with Crippen molar-refractivity contribution in [3.63, 3.8) is 0 Å². The van der Waals surface area contributed by atoms with Crippen LogP contribution in [-0.4, -0.2) is 53.8 Å². The molecule has 190 valence electrons. The van der Waals surface area contributed by atoms with Crippen molar-refractivity contribution in [2.45, 2.75) is 31.1 Å². The maximum absolute atomic E-state index is 12.9. The first-order chi connectivity index (χ1) is 16.3. The molecule has 2 aromatic rings. The second-order valence-corrected chi connectivity index (χ2v) is 8.73. The van der Waals surface area contributed by atoms with Crippen LogP contribution in [0.3, 0.4) is 0 Å². The molecule has 2 rings (SSSR count). The van der Waals surface area contributed by atoms with E-state index >= 15 is 0 Å². The van der Waals surface area contributed by atoms with E-state index in [0.717, 1.165) is 9.80 Å². The number of hydrogen-bond donors (Lipinski definition) is 1. The van der Waals surface area contributed by atoms with Crippen LogP contribution in [0.2, 0.25) is 10.0 Å². The van der Waals surface area contributed by atoms with Crippen LogP contribution in [0.1, 0.15) is 24.0 Å². The Balaban J connectivity index is 2.64. The smallest absolute Gasteiger partial charge is 0.408 e. The summed E-state index contributed by atoms with van der Waals surface area (Å²) in [5.74, 6) is -0.643. The van der Waals surface area contributed by atoms with Gasteiger partial charge in [0.15, 0.2) is 0 Å². The second kappa shape index (κ2) is 11.7. The number of methoxy groups -OCH3 is 1. The van der Waals surface area contributed by atoms with E-state index in [1.807, 2.05) is 0 Å². The summed E-state index contributed by atoms with van der Waals surface area (Å²) in [6.07, 6.45) is -6.34. The monoisotopic (exact) mass is 532 g/mol. The molecule has 11 heteroatoms. The normalized spacial score (nSPS) is 13.0. The Bertz CT molecular complexity index is 1060. The van der Waals surface area contributed by atoms with E-state index in [-0.39, 0.29) is 23.0 Å². The zero-order valence-electron chi connectivity index (χ0n) is 19.1. The molecule has 0 saturated carbocycles. The van der Waals surface area contributed by atoms with Crippen molar-refractivity contribution in [2.24, 2.45) is 0 Å². The molecule has 0 spiro atoms. The Kier molecular flexibility index (Phi) is 9.45. The van der Waals surface area contributed by atoms with Crippen LogP contribution < -0.4 is 4.74 Å². The minimum atomic E-state index is -4.72. The molecule has 2 aromatic carbocycles.